The van der Waals surface area contributed by atoms with Gasteiger partial charge in [-0.3, -0.25) is 9.82 Å². The average molecular weight is 387 g/mol. The molecule has 0 unspecified atom stereocenters. The number of anilines is 2. The highest BCUT2D eigenvalue weighted by Gasteiger charge is 2.22. The van der Waals surface area contributed by atoms with Crippen LogP contribution in [0.5, 0.6) is 5.75 Å². The number of hydrogen-bond acceptors (Lipinski definition) is 6. The van der Waals surface area contributed by atoms with Crippen LogP contribution in [0.3, 0.4) is 0 Å². The summed E-state index contributed by atoms with van der Waals surface area (Å²) in [4.78, 5) is 4.31. The first kappa shape index (κ1) is 18.7. The fourth-order valence-electron chi connectivity index (χ4n) is 2.63. The molecule has 0 bridgehead atoms. The molecule has 0 aliphatic carbocycles. The molecule has 3 N–H and O–H groups in total. The maximum absolute atomic E-state index is 12.5. The van der Waals surface area contributed by atoms with Gasteiger partial charge in [0.15, 0.2) is 0 Å². The van der Waals surface area contributed by atoms with Crippen molar-refractivity contribution in [3.05, 3.63) is 59.5 Å². The van der Waals surface area contributed by atoms with Crippen molar-refractivity contribution in [3.63, 3.8) is 0 Å². The molecule has 0 aliphatic heterocycles. The summed E-state index contributed by atoms with van der Waals surface area (Å²) in [5.41, 5.74) is 2.77. The Bertz CT molecular complexity index is 993. The van der Waals surface area contributed by atoms with E-state index in [1.54, 1.807) is 39.3 Å². The number of pyridine rings is 1. The lowest BCUT2D eigenvalue weighted by Gasteiger charge is -2.10. The van der Waals surface area contributed by atoms with Gasteiger partial charge in [0.2, 0.25) is 0 Å². The third-order valence-corrected chi connectivity index (χ3v) is 5.60. The zero-order valence-corrected chi connectivity index (χ0v) is 16.1. The highest BCUT2D eigenvalue weighted by molar-refractivity contribution is 7.92. The standard InChI is InChI=1S/C18H21N5O3S/c1-12-18(13(2)22-21-12)27(24,25)23-17-9-6-15(11-20-17)19-10-14-4-7-16(26-3)8-5-14/h4-9,11,19H,10H2,1-3H3,(H,20,23)(H,21,22). The van der Waals surface area contributed by atoms with E-state index in [4.69, 9.17) is 4.74 Å². The second-order valence-corrected chi connectivity index (χ2v) is 7.62. The van der Waals surface area contributed by atoms with Crippen LogP contribution < -0.4 is 14.8 Å². The maximum atomic E-state index is 12.5. The summed E-state index contributed by atoms with van der Waals surface area (Å²) in [6.07, 6.45) is 1.58. The molecule has 0 saturated carbocycles. The van der Waals surface area contributed by atoms with Crippen LogP contribution in [0, 0.1) is 13.8 Å². The van der Waals surface area contributed by atoms with Crippen LogP contribution in [-0.2, 0) is 16.6 Å². The minimum atomic E-state index is -3.74. The van der Waals surface area contributed by atoms with Gasteiger partial charge in [-0.1, -0.05) is 12.1 Å². The zero-order chi connectivity index (χ0) is 19.4. The molecule has 3 aromatic rings. The predicted octanol–water partition coefficient (Wildman–Crippen LogP) is 2.84. The molecule has 142 valence electrons. The average Bonchev–Trinajstić information content (AvgIpc) is 3.00. The number of H-pyrrole nitrogens is 1. The number of aromatic amines is 1. The van der Waals surface area contributed by atoms with Crippen LogP contribution >= 0.6 is 0 Å². The molecular formula is C18H21N5O3S. The number of benzene rings is 1. The number of nitrogens with zero attached hydrogens (tertiary/aromatic N) is 2. The van der Waals surface area contributed by atoms with E-state index in [1.165, 1.54) is 0 Å². The smallest absolute Gasteiger partial charge is 0.266 e. The minimum absolute atomic E-state index is 0.144. The lowest BCUT2D eigenvalue weighted by molar-refractivity contribution is 0.414. The van der Waals surface area contributed by atoms with Crippen molar-refractivity contribution in [2.45, 2.75) is 25.3 Å². The Hall–Kier alpha value is -3.07. The molecular weight excluding hydrogens is 366 g/mol. The van der Waals surface area contributed by atoms with E-state index >= 15 is 0 Å². The Balaban J connectivity index is 1.64. The van der Waals surface area contributed by atoms with Gasteiger partial charge in [-0.15, -0.1) is 0 Å². The summed E-state index contributed by atoms with van der Waals surface area (Å²) in [5.74, 6) is 1.05. The first-order valence-corrected chi connectivity index (χ1v) is 9.74. The minimum Gasteiger partial charge on any atom is -0.497 e. The molecule has 0 fully saturated rings. The molecule has 0 spiro atoms. The first-order valence-electron chi connectivity index (χ1n) is 8.26. The van der Waals surface area contributed by atoms with E-state index in [-0.39, 0.29) is 10.7 Å². The number of sulfonamides is 1. The van der Waals surface area contributed by atoms with Crippen LogP contribution in [0.15, 0.2) is 47.5 Å². The van der Waals surface area contributed by atoms with Crippen LogP contribution in [0.2, 0.25) is 0 Å². The Morgan fingerprint density at radius 1 is 1.11 bits per heavy atom. The van der Waals surface area contributed by atoms with Crippen molar-refractivity contribution >= 4 is 21.5 Å². The Morgan fingerprint density at radius 3 is 2.41 bits per heavy atom. The molecule has 0 saturated heterocycles. The molecule has 27 heavy (non-hydrogen) atoms. The highest BCUT2D eigenvalue weighted by Crippen LogP contribution is 2.20. The molecule has 2 heterocycles. The molecule has 3 rings (SSSR count). The molecule has 2 aromatic heterocycles. The maximum Gasteiger partial charge on any atom is 0.266 e. The third-order valence-electron chi connectivity index (χ3n) is 3.99. The summed E-state index contributed by atoms with van der Waals surface area (Å²) in [5, 5.41) is 9.83. The highest BCUT2D eigenvalue weighted by atomic mass is 32.2. The quantitative estimate of drug-likeness (QED) is 0.575. The second-order valence-electron chi connectivity index (χ2n) is 6.00. The van der Waals surface area contributed by atoms with Gasteiger partial charge >= 0.3 is 0 Å². The van der Waals surface area contributed by atoms with Gasteiger partial charge in [0.1, 0.15) is 16.5 Å². The number of aromatic nitrogens is 3. The summed E-state index contributed by atoms with van der Waals surface area (Å²) in [6, 6.07) is 11.1. The van der Waals surface area contributed by atoms with Crippen LogP contribution in [-0.4, -0.2) is 30.7 Å². The van der Waals surface area contributed by atoms with Gasteiger partial charge < -0.3 is 10.1 Å². The first-order chi connectivity index (χ1) is 12.9. The van der Waals surface area contributed by atoms with E-state index < -0.39 is 10.0 Å². The van der Waals surface area contributed by atoms with Crippen LogP contribution in [0.25, 0.3) is 0 Å². The second kappa shape index (κ2) is 7.67. The van der Waals surface area contributed by atoms with Crippen molar-refractivity contribution in [2.75, 3.05) is 17.1 Å². The monoisotopic (exact) mass is 387 g/mol. The van der Waals surface area contributed by atoms with Crippen molar-refractivity contribution in [1.29, 1.82) is 0 Å². The number of aryl methyl sites for hydroxylation is 2. The van der Waals surface area contributed by atoms with E-state index in [2.05, 4.69) is 25.2 Å². The number of rotatable bonds is 7. The van der Waals surface area contributed by atoms with Crippen molar-refractivity contribution in [2.24, 2.45) is 0 Å². The van der Waals surface area contributed by atoms with Crippen LogP contribution in [0.4, 0.5) is 11.5 Å². The van der Waals surface area contributed by atoms with Gasteiger partial charge in [-0.25, -0.2) is 13.4 Å². The van der Waals surface area contributed by atoms with E-state index in [0.717, 1.165) is 17.0 Å². The molecule has 8 nitrogen and oxygen atoms in total. The van der Waals surface area contributed by atoms with E-state index in [9.17, 15) is 8.42 Å². The molecule has 9 heteroatoms. The topological polar surface area (TPSA) is 109 Å². The van der Waals surface area contributed by atoms with E-state index in [0.29, 0.717) is 17.9 Å². The normalized spacial score (nSPS) is 11.2. The summed E-state index contributed by atoms with van der Waals surface area (Å²) in [7, 11) is -2.12. The lowest BCUT2D eigenvalue weighted by atomic mass is 10.2. The van der Waals surface area contributed by atoms with Crippen LogP contribution in [0.1, 0.15) is 17.0 Å². The lowest BCUT2D eigenvalue weighted by Crippen LogP contribution is -2.15. The molecule has 0 aliphatic rings. The van der Waals surface area contributed by atoms with Gasteiger partial charge in [-0.2, -0.15) is 5.10 Å². The molecule has 0 radical (unpaired) electrons. The summed E-state index contributed by atoms with van der Waals surface area (Å²) < 4.78 is 32.6. The molecule has 1 aromatic carbocycles. The van der Waals surface area contributed by atoms with Gasteiger partial charge in [-0.05, 0) is 43.7 Å². The Morgan fingerprint density at radius 2 is 1.85 bits per heavy atom. The predicted molar refractivity (Wildman–Crippen MR) is 103 cm³/mol. The summed E-state index contributed by atoms with van der Waals surface area (Å²) in [6.45, 7) is 3.91. The van der Waals surface area contributed by atoms with Gasteiger partial charge in [0, 0.05) is 6.54 Å². The number of methoxy groups -OCH3 is 1. The number of ether oxygens (including phenoxy) is 1. The zero-order valence-electron chi connectivity index (χ0n) is 15.3. The van der Waals surface area contributed by atoms with Crippen molar-refractivity contribution in [1.82, 2.24) is 15.2 Å². The van der Waals surface area contributed by atoms with Gasteiger partial charge in [0.25, 0.3) is 10.0 Å². The summed E-state index contributed by atoms with van der Waals surface area (Å²) >= 11 is 0. The van der Waals surface area contributed by atoms with Crippen molar-refractivity contribution in [3.8, 4) is 5.75 Å². The Kier molecular flexibility index (Phi) is 5.31. The Labute approximate surface area is 158 Å². The van der Waals surface area contributed by atoms with Crippen molar-refractivity contribution < 1.29 is 13.2 Å². The van der Waals surface area contributed by atoms with E-state index in [1.807, 2.05) is 24.3 Å². The third kappa shape index (κ3) is 4.37. The fourth-order valence-corrected chi connectivity index (χ4v) is 4.01. The fraction of sp³-hybridized carbons (Fsp3) is 0.222. The SMILES string of the molecule is COc1ccc(CNc2ccc(NS(=O)(=O)c3c(C)n[nH]c3C)nc2)cc1. The molecule has 0 amide bonds. The largest absolute Gasteiger partial charge is 0.497 e. The number of hydrogen-bond donors (Lipinski definition) is 3. The molecule has 0 atom stereocenters. The van der Waals surface area contributed by atoms with Gasteiger partial charge in [0.05, 0.1) is 30.4 Å². The number of nitrogens with one attached hydrogen (secondary N) is 3.